The zero-order valence-corrected chi connectivity index (χ0v) is 13.2. The van der Waals surface area contributed by atoms with Gasteiger partial charge in [-0.05, 0) is 31.2 Å². The number of aromatic nitrogens is 2. The summed E-state index contributed by atoms with van der Waals surface area (Å²) < 4.78 is 26.4. The zero-order chi connectivity index (χ0) is 15.3. The molecule has 5 nitrogen and oxygen atoms in total. The van der Waals surface area contributed by atoms with E-state index in [0.29, 0.717) is 11.3 Å². The average molecular weight is 321 g/mol. The number of thioether (sulfide) groups is 1. The first-order valence-electron chi connectivity index (χ1n) is 6.43. The van der Waals surface area contributed by atoms with Crippen molar-refractivity contribution in [1.82, 2.24) is 9.55 Å². The lowest BCUT2D eigenvalue weighted by Gasteiger charge is -2.06. The first-order chi connectivity index (χ1) is 10.1. The third kappa shape index (κ3) is 3.86. The molecule has 0 radical (unpaired) electrons. The van der Waals surface area contributed by atoms with Crippen molar-refractivity contribution in [3.8, 4) is 6.07 Å². The van der Waals surface area contributed by atoms with E-state index in [1.54, 1.807) is 6.20 Å². The van der Waals surface area contributed by atoms with E-state index in [4.69, 9.17) is 5.26 Å². The van der Waals surface area contributed by atoms with Gasteiger partial charge < -0.3 is 4.57 Å². The molecule has 0 atom stereocenters. The Morgan fingerprint density at radius 2 is 2.05 bits per heavy atom. The molecule has 1 aromatic heterocycles. The SMILES string of the molecule is CCn1ccnc1SCCS(=O)(=O)c1ccc(C#N)cc1. The largest absolute Gasteiger partial charge is 0.326 e. The minimum atomic E-state index is -3.33. The van der Waals surface area contributed by atoms with Crippen LogP contribution in [-0.2, 0) is 16.4 Å². The van der Waals surface area contributed by atoms with E-state index >= 15 is 0 Å². The first kappa shape index (κ1) is 15.6. The molecule has 1 aromatic carbocycles. The highest BCUT2D eigenvalue weighted by Gasteiger charge is 2.15. The summed E-state index contributed by atoms with van der Waals surface area (Å²) in [6, 6.07) is 7.96. The van der Waals surface area contributed by atoms with Gasteiger partial charge in [0.1, 0.15) is 0 Å². The summed E-state index contributed by atoms with van der Waals surface area (Å²) in [5.74, 6) is 0.486. The van der Waals surface area contributed by atoms with Crippen molar-refractivity contribution >= 4 is 21.6 Å². The molecular formula is C14H15N3O2S2. The molecule has 0 aliphatic heterocycles. The van der Waals surface area contributed by atoms with Crippen LogP contribution in [0.2, 0.25) is 0 Å². The van der Waals surface area contributed by atoms with Gasteiger partial charge in [0.2, 0.25) is 0 Å². The van der Waals surface area contributed by atoms with Gasteiger partial charge in [-0.25, -0.2) is 13.4 Å². The van der Waals surface area contributed by atoms with Crippen molar-refractivity contribution in [3.05, 3.63) is 42.2 Å². The number of benzene rings is 1. The van der Waals surface area contributed by atoms with Crippen LogP contribution in [-0.4, -0.2) is 29.5 Å². The number of aryl methyl sites for hydroxylation is 1. The second-order valence-corrected chi connectivity index (χ2v) is 7.47. The van der Waals surface area contributed by atoms with Gasteiger partial charge in [-0.3, -0.25) is 0 Å². The normalized spacial score (nSPS) is 11.2. The van der Waals surface area contributed by atoms with Crippen LogP contribution in [0.25, 0.3) is 0 Å². The number of rotatable bonds is 6. The summed E-state index contributed by atoms with van der Waals surface area (Å²) in [6.45, 7) is 2.82. The predicted octanol–water partition coefficient (Wildman–Crippen LogP) is 2.34. The van der Waals surface area contributed by atoms with E-state index in [1.807, 2.05) is 23.8 Å². The van der Waals surface area contributed by atoms with E-state index < -0.39 is 9.84 Å². The highest BCUT2D eigenvalue weighted by molar-refractivity contribution is 8.00. The third-order valence-electron chi connectivity index (χ3n) is 2.94. The minimum absolute atomic E-state index is 0.0418. The Morgan fingerprint density at radius 1 is 1.33 bits per heavy atom. The van der Waals surface area contributed by atoms with Crippen LogP contribution in [0, 0.1) is 11.3 Å². The van der Waals surface area contributed by atoms with Gasteiger partial charge in [0, 0.05) is 24.7 Å². The molecule has 0 N–H and O–H groups in total. The molecule has 2 aromatic rings. The lowest BCUT2D eigenvalue weighted by molar-refractivity contribution is 0.597. The van der Waals surface area contributed by atoms with Gasteiger partial charge >= 0.3 is 0 Å². The molecule has 21 heavy (non-hydrogen) atoms. The number of imidazole rings is 1. The van der Waals surface area contributed by atoms with E-state index in [1.165, 1.54) is 36.0 Å². The van der Waals surface area contributed by atoms with Gasteiger partial charge in [-0.2, -0.15) is 5.26 Å². The molecule has 2 rings (SSSR count). The molecule has 0 fully saturated rings. The van der Waals surface area contributed by atoms with Crippen molar-refractivity contribution in [2.45, 2.75) is 23.5 Å². The van der Waals surface area contributed by atoms with Crippen LogP contribution in [0.1, 0.15) is 12.5 Å². The summed E-state index contributed by atoms with van der Waals surface area (Å²) in [7, 11) is -3.33. The summed E-state index contributed by atoms with van der Waals surface area (Å²) in [6.07, 6.45) is 3.58. The molecule has 0 saturated carbocycles. The van der Waals surface area contributed by atoms with E-state index in [2.05, 4.69) is 4.98 Å². The number of nitrogens with zero attached hydrogens (tertiary/aromatic N) is 3. The Labute approximate surface area is 128 Å². The summed E-state index contributed by atoms with van der Waals surface area (Å²) in [5.41, 5.74) is 0.452. The maximum Gasteiger partial charge on any atom is 0.179 e. The second-order valence-electron chi connectivity index (χ2n) is 4.30. The van der Waals surface area contributed by atoms with E-state index in [9.17, 15) is 8.42 Å². The first-order valence-corrected chi connectivity index (χ1v) is 9.07. The van der Waals surface area contributed by atoms with Crippen LogP contribution in [0.4, 0.5) is 0 Å². The fourth-order valence-electron chi connectivity index (χ4n) is 1.77. The number of hydrogen-bond acceptors (Lipinski definition) is 5. The lowest BCUT2D eigenvalue weighted by Crippen LogP contribution is -2.09. The Bertz CT molecular complexity index is 743. The number of sulfone groups is 1. The molecule has 0 aliphatic rings. The van der Waals surface area contributed by atoms with Gasteiger partial charge in [0.15, 0.2) is 15.0 Å². The van der Waals surface area contributed by atoms with Gasteiger partial charge in [-0.15, -0.1) is 0 Å². The summed E-state index contributed by atoms with van der Waals surface area (Å²) in [5, 5.41) is 9.54. The highest BCUT2D eigenvalue weighted by Crippen LogP contribution is 2.18. The molecule has 0 bridgehead atoms. The quantitative estimate of drug-likeness (QED) is 0.763. The summed E-state index contributed by atoms with van der Waals surface area (Å²) in [4.78, 5) is 4.45. The molecular weight excluding hydrogens is 306 g/mol. The number of hydrogen-bond donors (Lipinski definition) is 0. The minimum Gasteiger partial charge on any atom is -0.326 e. The van der Waals surface area contributed by atoms with Crippen LogP contribution < -0.4 is 0 Å². The monoisotopic (exact) mass is 321 g/mol. The van der Waals surface area contributed by atoms with Crippen LogP contribution in [0.5, 0.6) is 0 Å². The molecule has 0 saturated heterocycles. The van der Waals surface area contributed by atoms with Crippen molar-refractivity contribution in [2.24, 2.45) is 0 Å². The van der Waals surface area contributed by atoms with Crippen molar-refractivity contribution in [3.63, 3.8) is 0 Å². The Hall–Kier alpha value is -1.78. The summed E-state index contributed by atoms with van der Waals surface area (Å²) >= 11 is 1.43. The Balaban J connectivity index is 1.99. The molecule has 0 amide bonds. The molecule has 0 spiro atoms. The van der Waals surface area contributed by atoms with Crippen molar-refractivity contribution in [2.75, 3.05) is 11.5 Å². The van der Waals surface area contributed by atoms with Gasteiger partial charge in [-0.1, -0.05) is 11.8 Å². The van der Waals surface area contributed by atoms with Crippen LogP contribution >= 0.6 is 11.8 Å². The Kier molecular flexibility index (Phi) is 5.04. The van der Waals surface area contributed by atoms with E-state index in [-0.39, 0.29) is 10.6 Å². The van der Waals surface area contributed by atoms with Gasteiger partial charge in [0.25, 0.3) is 0 Å². The maximum atomic E-state index is 12.2. The fourth-order valence-corrected chi connectivity index (χ4v) is 4.44. The van der Waals surface area contributed by atoms with Gasteiger partial charge in [0.05, 0.1) is 22.3 Å². The van der Waals surface area contributed by atoms with Crippen molar-refractivity contribution < 1.29 is 8.42 Å². The smallest absolute Gasteiger partial charge is 0.179 e. The third-order valence-corrected chi connectivity index (χ3v) is 5.94. The zero-order valence-electron chi connectivity index (χ0n) is 11.6. The van der Waals surface area contributed by atoms with Crippen molar-refractivity contribution in [1.29, 1.82) is 5.26 Å². The maximum absolute atomic E-state index is 12.2. The second kappa shape index (κ2) is 6.78. The average Bonchev–Trinajstić information content (AvgIpc) is 2.94. The molecule has 110 valence electrons. The molecule has 7 heteroatoms. The van der Waals surface area contributed by atoms with Crippen LogP contribution in [0.3, 0.4) is 0 Å². The molecule has 0 aliphatic carbocycles. The van der Waals surface area contributed by atoms with E-state index in [0.717, 1.165) is 11.7 Å². The topological polar surface area (TPSA) is 75.8 Å². The number of nitriles is 1. The fraction of sp³-hybridized carbons (Fsp3) is 0.286. The molecule has 1 heterocycles. The lowest BCUT2D eigenvalue weighted by atomic mass is 10.2. The van der Waals surface area contributed by atoms with Crippen LogP contribution in [0.15, 0.2) is 46.7 Å². The highest BCUT2D eigenvalue weighted by atomic mass is 32.2. The predicted molar refractivity (Wildman–Crippen MR) is 81.8 cm³/mol. The Morgan fingerprint density at radius 3 is 2.67 bits per heavy atom. The molecule has 0 unspecified atom stereocenters. The standard InChI is InChI=1S/C14H15N3O2S2/c1-2-17-8-7-16-14(17)20-9-10-21(18,19)13-5-3-12(11-15)4-6-13/h3-8H,2,9-10H2,1H3.